The van der Waals surface area contributed by atoms with Gasteiger partial charge in [-0.05, 0) is 24.0 Å². The molecule has 5 N–H and O–H groups in total. The first-order valence-corrected chi connectivity index (χ1v) is 11.5. The summed E-state index contributed by atoms with van der Waals surface area (Å²) >= 11 is 0. The van der Waals surface area contributed by atoms with Gasteiger partial charge in [-0.3, -0.25) is 5.41 Å². The number of nitrogens with two attached hydrogens (primary N) is 1. The van der Waals surface area contributed by atoms with Gasteiger partial charge in [-0.2, -0.15) is 9.78 Å². The van der Waals surface area contributed by atoms with Crippen molar-refractivity contribution in [3.63, 3.8) is 0 Å². The minimum Gasteiger partial charge on any atom is -0.578 e. The summed E-state index contributed by atoms with van der Waals surface area (Å²) in [6, 6.07) is 7.69. The quantitative estimate of drug-likeness (QED) is 0.332. The maximum Gasteiger partial charge on any atom is 0.369 e. The van der Waals surface area contributed by atoms with Gasteiger partial charge in [0.15, 0.2) is 0 Å². The molecular weight excluding hydrogens is 448 g/mol. The molecule has 180 valence electrons. The van der Waals surface area contributed by atoms with Crippen molar-refractivity contribution in [2.75, 3.05) is 32.0 Å². The lowest BCUT2D eigenvalue weighted by Gasteiger charge is -2.41. The smallest absolute Gasteiger partial charge is 0.369 e. The molecule has 3 aromatic rings. The van der Waals surface area contributed by atoms with Gasteiger partial charge in [0.2, 0.25) is 5.95 Å². The van der Waals surface area contributed by atoms with Gasteiger partial charge in [0.25, 0.3) is 0 Å². The van der Waals surface area contributed by atoms with Crippen LogP contribution in [0.15, 0.2) is 54.0 Å². The lowest BCUT2D eigenvalue weighted by atomic mass is 9.63. The van der Waals surface area contributed by atoms with Crippen molar-refractivity contribution in [2.24, 2.45) is 4.99 Å². The normalized spacial score (nSPS) is 17.6. The molecule has 1 saturated heterocycles. The van der Waals surface area contributed by atoms with E-state index in [-0.39, 0.29) is 23.7 Å². The molecule has 0 atom stereocenters. The molecule has 0 unspecified atom stereocenters. The number of carbonyl (C=O) groups is 1. The molecule has 0 bridgehead atoms. The van der Waals surface area contributed by atoms with Gasteiger partial charge in [-0.25, -0.2) is 14.8 Å². The second-order valence-corrected chi connectivity index (χ2v) is 8.71. The molecule has 35 heavy (non-hydrogen) atoms. The summed E-state index contributed by atoms with van der Waals surface area (Å²) in [5.74, 6) is 0.287. The lowest BCUT2D eigenvalue weighted by molar-refractivity contribution is 0.0528. The van der Waals surface area contributed by atoms with Gasteiger partial charge in [-0.15, -0.1) is 4.99 Å². The SMILES string of the molecule is N=C(N=C([OH2+])c1cnn(C(=O)N2CCOCC2)c1)C1(c2ccc(-c3cnc(N)nc3)cc2)CCC1. The van der Waals surface area contributed by atoms with Crippen LogP contribution >= 0.6 is 0 Å². The molecular formula is C24H27N8O3+. The number of aromatic nitrogens is 4. The second kappa shape index (κ2) is 9.26. The number of carbonyl (C=O) groups excluding carboxylic acids is 1. The summed E-state index contributed by atoms with van der Waals surface area (Å²) in [6.45, 7) is 2.01. The highest BCUT2D eigenvalue weighted by atomic mass is 16.5. The molecule has 1 aliphatic heterocycles. The third kappa shape index (κ3) is 4.37. The van der Waals surface area contributed by atoms with Gasteiger partial charge in [0.05, 0.1) is 31.0 Å². The topological polar surface area (TPSA) is 158 Å². The average molecular weight is 476 g/mol. The Morgan fingerprint density at radius 3 is 2.40 bits per heavy atom. The standard InChI is InChI=1S/C24H26N8O3/c25-21(30-20(33)18-14-29-32(15-18)23(34)31-8-10-35-11-9-31)24(6-1-7-24)19-4-2-16(3-5-19)17-12-27-22(26)28-13-17/h2-5,12-15H,1,6-11H2,(H2,25,30,33)(H2,26,27,28)/p+1. The van der Waals surface area contributed by atoms with E-state index >= 15 is 0 Å². The fraction of sp³-hybridized carbons (Fsp3) is 0.333. The molecule has 2 fully saturated rings. The maximum absolute atomic E-state index is 12.6. The van der Waals surface area contributed by atoms with Crippen molar-refractivity contribution in [1.82, 2.24) is 24.6 Å². The molecule has 11 heteroatoms. The first-order valence-electron chi connectivity index (χ1n) is 11.5. The Hall–Kier alpha value is -4.12. The van der Waals surface area contributed by atoms with Crippen LogP contribution in [0.25, 0.3) is 11.1 Å². The molecule has 0 spiro atoms. The number of amidine groups is 1. The van der Waals surface area contributed by atoms with E-state index < -0.39 is 5.41 Å². The van der Waals surface area contributed by atoms with Gasteiger partial charge in [-0.1, -0.05) is 30.7 Å². The maximum atomic E-state index is 12.6. The third-order valence-electron chi connectivity index (χ3n) is 6.66. The predicted octanol–water partition coefficient (Wildman–Crippen LogP) is 1.79. The molecule has 1 aromatic carbocycles. The molecule has 0 radical (unpaired) electrons. The Morgan fingerprint density at radius 2 is 1.77 bits per heavy atom. The molecule has 11 nitrogen and oxygen atoms in total. The molecule has 3 heterocycles. The van der Waals surface area contributed by atoms with E-state index in [1.54, 1.807) is 17.3 Å². The third-order valence-corrected chi connectivity index (χ3v) is 6.66. The number of nitrogens with zero attached hydrogens (tertiary/aromatic N) is 6. The zero-order valence-electron chi connectivity index (χ0n) is 19.1. The van der Waals surface area contributed by atoms with Crippen LogP contribution in [0, 0.1) is 5.41 Å². The van der Waals surface area contributed by atoms with Crippen molar-refractivity contribution >= 4 is 23.7 Å². The van der Waals surface area contributed by atoms with E-state index in [0.29, 0.717) is 31.9 Å². The number of nitrogens with one attached hydrogen (secondary N) is 1. The number of aliphatic imine (C=N–C) groups is 1. The highest BCUT2D eigenvalue weighted by Gasteiger charge is 2.43. The predicted molar refractivity (Wildman–Crippen MR) is 131 cm³/mol. The zero-order chi connectivity index (χ0) is 24.4. The first kappa shape index (κ1) is 22.7. The van der Waals surface area contributed by atoms with Crippen molar-refractivity contribution < 1.29 is 14.6 Å². The van der Waals surface area contributed by atoms with Gasteiger partial charge in [0, 0.05) is 31.0 Å². The van der Waals surface area contributed by atoms with Crippen molar-refractivity contribution in [3.05, 3.63) is 60.2 Å². The van der Waals surface area contributed by atoms with E-state index in [1.807, 2.05) is 24.3 Å². The minimum atomic E-state index is -0.526. The van der Waals surface area contributed by atoms with Crippen LogP contribution in [-0.2, 0) is 10.2 Å². The number of ether oxygens (including phenoxy) is 1. The second-order valence-electron chi connectivity index (χ2n) is 8.71. The van der Waals surface area contributed by atoms with Gasteiger partial charge in [0.1, 0.15) is 11.4 Å². The minimum absolute atomic E-state index is 0.0852. The summed E-state index contributed by atoms with van der Waals surface area (Å²) in [6.07, 6.45) is 8.87. The Morgan fingerprint density at radius 1 is 1.09 bits per heavy atom. The van der Waals surface area contributed by atoms with E-state index in [9.17, 15) is 4.79 Å². The summed E-state index contributed by atoms with van der Waals surface area (Å²) < 4.78 is 6.50. The lowest BCUT2D eigenvalue weighted by Crippen LogP contribution is -2.43. The summed E-state index contributed by atoms with van der Waals surface area (Å²) in [5.41, 5.74) is 8.25. The number of hydrogen-bond acceptors (Lipinski definition) is 7. The fourth-order valence-electron chi connectivity index (χ4n) is 4.39. The highest BCUT2D eigenvalue weighted by Crippen LogP contribution is 2.45. The first-order chi connectivity index (χ1) is 17.0. The number of benzene rings is 1. The Labute approximate surface area is 201 Å². The Bertz CT molecular complexity index is 1260. The summed E-state index contributed by atoms with van der Waals surface area (Å²) in [5, 5.41) is 21.3. The van der Waals surface area contributed by atoms with Crippen LogP contribution in [-0.4, -0.2) is 73.8 Å². The van der Waals surface area contributed by atoms with Crippen LogP contribution in [0.5, 0.6) is 0 Å². The number of rotatable bonds is 4. The Kier molecular flexibility index (Phi) is 6.00. The van der Waals surface area contributed by atoms with E-state index in [0.717, 1.165) is 36.0 Å². The molecule has 1 amide bonds. The number of morpholine rings is 1. The van der Waals surface area contributed by atoms with Crippen LogP contribution in [0.2, 0.25) is 0 Å². The summed E-state index contributed by atoms with van der Waals surface area (Å²) in [7, 11) is 0. The van der Waals surface area contributed by atoms with Crippen molar-refractivity contribution in [2.45, 2.75) is 24.7 Å². The largest absolute Gasteiger partial charge is 0.578 e. The number of hydrogen-bond donors (Lipinski definition) is 2. The van der Waals surface area contributed by atoms with Crippen molar-refractivity contribution in [1.29, 1.82) is 5.41 Å². The van der Waals surface area contributed by atoms with Crippen LogP contribution in [0.1, 0.15) is 30.4 Å². The molecule has 2 aliphatic rings. The number of anilines is 1. The van der Waals surface area contributed by atoms with E-state index in [1.165, 1.54) is 17.1 Å². The monoisotopic (exact) mass is 475 g/mol. The van der Waals surface area contributed by atoms with Crippen LogP contribution in [0.4, 0.5) is 10.7 Å². The van der Waals surface area contributed by atoms with Crippen LogP contribution < -0.4 is 5.73 Å². The fourth-order valence-corrected chi connectivity index (χ4v) is 4.39. The van der Waals surface area contributed by atoms with Gasteiger partial charge < -0.3 is 20.5 Å². The van der Waals surface area contributed by atoms with Crippen molar-refractivity contribution in [3.8, 4) is 11.1 Å². The van der Waals surface area contributed by atoms with Gasteiger partial charge >= 0.3 is 11.9 Å². The number of nitrogen functional groups attached to an aromatic ring is 1. The molecule has 1 saturated carbocycles. The van der Waals surface area contributed by atoms with E-state index in [4.69, 9.17) is 21.0 Å². The highest BCUT2D eigenvalue weighted by molar-refractivity contribution is 6.05. The van der Waals surface area contributed by atoms with E-state index in [2.05, 4.69) is 20.1 Å². The number of amides is 1. The Balaban J connectivity index is 1.33. The molecule has 2 aromatic heterocycles. The molecule has 1 aliphatic carbocycles. The zero-order valence-corrected chi connectivity index (χ0v) is 19.1. The average Bonchev–Trinajstić information content (AvgIpc) is 3.35. The summed E-state index contributed by atoms with van der Waals surface area (Å²) in [4.78, 5) is 26.7. The molecule has 5 rings (SSSR count). The van der Waals surface area contributed by atoms with Crippen LogP contribution in [0.3, 0.4) is 0 Å².